The number of carbonyl (C=O) groups is 1. The summed E-state index contributed by atoms with van der Waals surface area (Å²) in [5.74, 6) is -0.0172. The van der Waals surface area contributed by atoms with E-state index in [9.17, 15) is 4.79 Å². The van der Waals surface area contributed by atoms with Crippen molar-refractivity contribution in [2.24, 2.45) is 0 Å². The van der Waals surface area contributed by atoms with Crippen molar-refractivity contribution in [1.82, 2.24) is 15.1 Å². The third kappa shape index (κ3) is 4.72. The predicted octanol–water partition coefficient (Wildman–Crippen LogP) is 0.945. The van der Waals surface area contributed by atoms with Gasteiger partial charge in [-0.2, -0.15) is 0 Å². The van der Waals surface area contributed by atoms with Gasteiger partial charge in [0.1, 0.15) is 0 Å². The summed E-state index contributed by atoms with van der Waals surface area (Å²) in [5, 5.41) is 2.98. The van der Waals surface area contributed by atoms with Gasteiger partial charge in [-0.15, -0.1) is 0 Å². The number of nitrogens with zero attached hydrogens (tertiary/aromatic N) is 2. The lowest BCUT2D eigenvalue weighted by atomic mass is 10.1. The van der Waals surface area contributed by atoms with Crippen molar-refractivity contribution in [2.45, 2.75) is 13.3 Å². The van der Waals surface area contributed by atoms with E-state index in [1.54, 1.807) is 12.1 Å². The molecule has 1 amide bonds. The molecule has 1 aromatic rings. The molecule has 1 fully saturated rings. The molecular formula is C16H26N4O. The van der Waals surface area contributed by atoms with Crippen LogP contribution in [0.5, 0.6) is 0 Å². The maximum absolute atomic E-state index is 12.0. The first kappa shape index (κ1) is 15.8. The topological polar surface area (TPSA) is 61.6 Å². The normalized spacial score (nSPS) is 16.9. The van der Waals surface area contributed by atoms with Gasteiger partial charge in [0, 0.05) is 44.0 Å². The molecular weight excluding hydrogens is 264 g/mol. The Labute approximate surface area is 127 Å². The average Bonchev–Trinajstić information content (AvgIpc) is 2.48. The minimum absolute atomic E-state index is 0.0172. The van der Waals surface area contributed by atoms with Crippen molar-refractivity contribution in [3.8, 4) is 0 Å². The Hall–Kier alpha value is -1.59. The number of piperazine rings is 1. The lowest BCUT2D eigenvalue weighted by molar-refractivity contribution is 0.0949. The van der Waals surface area contributed by atoms with Crippen LogP contribution in [0.2, 0.25) is 0 Å². The first-order chi connectivity index (χ1) is 10.1. The number of anilines is 1. The number of nitrogens with two attached hydrogens (primary N) is 1. The van der Waals surface area contributed by atoms with Crippen molar-refractivity contribution < 1.29 is 4.79 Å². The number of likely N-dealkylation sites (N-methyl/N-ethyl adjacent to an activating group) is 1. The molecule has 0 atom stereocenters. The van der Waals surface area contributed by atoms with Crippen LogP contribution < -0.4 is 11.1 Å². The molecule has 0 spiro atoms. The molecule has 0 radical (unpaired) electrons. The standard InChI is InChI=1S/C16H26N4O/c1-13-12-14(4-5-15(13)17)16(21)18-6-3-7-20-10-8-19(2)9-11-20/h4-5,12H,3,6-11,17H2,1-2H3,(H,18,21). The highest BCUT2D eigenvalue weighted by molar-refractivity contribution is 5.94. The zero-order valence-corrected chi connectivity index (χ0v) is 13.1. The Bertz CT molecular complexity index is 481. The van der Waals surface area contributed by atoms with Crippen molar-refractivity contribution in [3.63, 3.8) is 0 Å². The summed E-state index contributed by atoms with van der Waals surface area (Å²) >= 11 is 0. The number of benzene rings is 1. The van der Waals surface area contributed by atoms with E-state index >= 15 is 0 Å². The lowest BCUT2D eigenvalue weighted by Crippen LogP contribution is -2.45. The van der Waals surface area contributed by atoms with Crippen LogP contribution in [0, 0.1) is 6.92 Å². The van der Waals surface area contributed by atoms with E-state index in [0.717, 1.165) is 50.4 Å². The maximum atomic E-state index is 12.0. The molecule has 1 aromatic carbocycles. The van der Waals surface area contributed by atoms with Gasteiger partial charge in [-0.25, -0.2) is 0 Å². The minimum atomic E-state index is -0.0172. The number of nitrogen functional groups attached to an aromatic ring is 1. The van der Waals surface area contributed by atoms with Gasteiger partial charge in [0.15, 0.2) is 0 Å². The summed E-state index contributed by atoms with van der Waals surface area (Å²) in [6.45, 7) is 8.21. The molecule has 1 saturated heterocycles. The Morgan fingerprint density at radius 1 is 1.29 bits per heavy atom. The van der Waals surface area contributed by atoms with Crippen LogP contribution in [0.4, 0.5) is 5.69 Å². The number of hydrogen-bond acceptors (Lipinski definition) is 4. The number of carbonyl (C=O) groups excluding carboxylic acids is 1. The largest absolute Gasteiger partial charge is 0.399 e. The summed E-state index contributed by atoms with van der Waals surface area (Å²) in [6.07, 6.45) is 0.989. The van der Waals surface area contributed by atoms with Crippen LogP contribution in [0.1, 0.15) is 22.3 Å². The lowest BCUT2D eigenvalue weighted by Gasteiger charge is -2.32. The summed E-state index contributed by atoms with van der Waals surface area (Å²) in [7, 11) is 2.16. The third-order valence-corrected chi connectivity index (χ3v) is 4.06. The zero-order chi connectivity index (χ0) is 15.2. The molecule has 0 aliphatic carbocycles. The SMILES string of the molecule is Cc1cc(C(=O)NCCCN2CCN(C)CC2)ccc1N. The van der Waals surface area contributed by atoms with Crippen LogP contribution in [0.3, 0.4) is 0 Å². The second-order valence-electron chi connectivity index (χ2n) is 5.83. The number of amides is 1. The predicted molar refractivity (Wildman–Crippen MR) is 86.5 cm³/mol. The van der Waals surface area contributed by atoms with Crippen LogP contribution in [0.15, 0.2) is 18.2 Å². The van der Waals surface area contributed by atoms with Gasteiger partial charge >= 0.3 is 0 Å². The Morgan fingerprint density at radius 2 is 2.00 bits per heavy atom. The van der Waals surface area contributed by atoms with Gasteiger partial charge in [-0.3, -0.25) is 4.79 Å². The fourth-order valence-electron chi connectivity index (χ4n) is 2.50. The molecule has 1 heterocycles. The van der Waals surface area contributed by atoms with Crippen molar-refractivity contribution in [1.29, 1.82) is 0 Å². The van der Waals surface area contributed by atoms with Gasteiger partial charge in [0.2, 0.25) is 0 Å². The quantitative estimate of drug-likeness (QED) is 0.626. The Balaban J connectivity index is 1.68. The molecule has 1 aliphatic rings. The van der Waals surface area contributed by atoms with E-state index in [2.05, 4.69) is 22.2 Å². The third-order valence-electron chi connectivity index (χ3n) is 4.06. The molecule has 2 rings (SSSR count). The maximum Gasteiger partial charge on any atom is 0.251 e. The average molecular weight is 290 g/mol. The molecule has 1 aliphatic heterocycles. The van der Waals surface area contributed by atoms with Gasteiger partial charge in [0.05, 0.1) is 0 Å². The number of aryl methyl sites for hydroxylation is 1. The molecule has 0 bridgehead atoms. The van der Waals surface area contributed by atoms with Crippen molar-refractivity contribution >= 4 is 11.6 Å². The van der Waals surface area contributed by atoms with Gasteiger partial charge in [-0.1, -0.05) is 0 Å². The fraction of sp³-hybridized carbons (Fsp3) is 0.562. The van der Waals surface area contributed by atoms with Crippen molar-refractivity contribution in [2.75, 3.05) is 52.0 Å². The molecule has 5 heteroatoms. The minimum Gasteiger partial charge on any atom is -0.399 e. The molecule has 0 saturated carbocycles. The number of nitrogens with one attached hydrogen (secondary N) is 1. The van der Waals surface area contributed by atoms with E-state index < -0.39 is 0 Å². The van der Waals surface area contributed by atoms with E-state index in [-0.39, 0.29) is 5.91 Å². The van der Waals surface area contributed by atoms with E-state index in [1.807, 2.05) is 13.0 Å². The molecule has 3 N–H and O–H groups in total. The Morgan fingerprint density at radius 3 is 2.67 bits per heavy atom. The first-order valence-corrected chi connectivity index (χ1v) is 7.61. The van der Waals surface area contributed by atoms with Gasteiger partial charge < -0.3 is 20.9 Å². The zero-order valence-electron chi connectivity index (χ0n) is 13.1. The highest BCUT2D eigenvalue weighted by Gasteiger charge is 2.13. The van der Waals surface area contributed by atoms with Gasteiger partial charge in [0.25, 0.3) is 5.91 Å². The number of rotatable bonds is 5. The molecule has 21 heavy (non-hydrogen) atoms. The van der Waals surface area contributed by atoms with Crippen LogP contribution in [0.25, 0.3) is 0 Å². The van der Waals surface area contributed by atoms with Crippen LogP contribution in [-0.2, 0) is 0 Å². The fourth-order valence-corrected chi connectivity index (χ4v) is 2.50. The summed E-state index contributed by atoms with van der Waals surface area (Å²) in [4.78, 5) is 16.8. The Kier molecular flexibility index (Phi) is 5.59. The van der Waals surface area contributed by atoms with Crippen molar-refractivity contribution in [3.05, 3.63) is 29.3 Å². The highest BCUT2D eigenvalue weighted by Crippen LogP contribution is 2.12. The van der Waals surface area contributed by atoms with E-state index in [1.165, 1.54) is 0 Å². The molecule has 0 unspecified atom stereocenters. The summed E-state index contributed by atoms with van der Waals surface area (Å²) < 4.78 is 0. The first-order valence-electron chi connectivity index (χ1n) is 7.61. The van der Waals surface area contributed by atoms with Gasteiger partial charge in [-0.05, 0) is 50.7 Å². The monoisotopic (exact) mass is 290 g/mol. The molecule has 5 nitrogen and oxygen atoms in total. The van der Waals surface area contributed by atoms with Crippen LogP contribution in [-0.4, -0.2) is 62.0 Å². The van der Waals surface area contributed by atoms with E-state index in [0.29, 0.717) is 12.1 Å². The second kappa shape index (κ2) is 7.43. The van der Waals surface area contributed by atoms with E-state index in [4.69, 9.17) is 5.73 Å². The second-order valence-corrected chi connectivity index (χ2v) is 5.83. The number of hydrogen-bond donors (Lipinski definition) is 2. The highest BCUT2D eigenvalue weighted by atomic mass is 16.1. The summed E-state index contributed by atoms with van der Waals surface area (Å²) in [6, 6.07) is 5.40. The summed E-state index contributed by atoms with van der Waals surface area (Å²) in [5.41, 5.74) is 8.11. The molecule has 116 valence electrons. The smallest absolute Gasteiger partial charge is 0.251 e. The van der Waals surface area contributed by atoms with Crippen LogP contribution >= 0.6 is 0 Å². The molecule has 0 aromatic heterocycles.